The minimum Gasteiger partial charge on any atom is -0.342 e. The van der Waals surface area contributed by atoms with Crippen molar-refractivity contribution in [2.45, 2.75) is 55.4 Å². The summed E-state index contributed by atoms with van der Waals surface area (Å²) in [6.07, 6.45) is 5.73. The fourth-order valence-electron chi connectivity index (χ4n) is 3.90. The second-order valence-electron chi connectivity index (χ2n) is 7.89. The van der Waals surface area contributed by atoms with Crippen molar-refractivity contribution >= 4 is 17.7 Å². The number of nitrogens with zero attached hydrogens (tertiary/aromatic N) is 4. The van der Waals surface area contributed by atoms with Crippen molar-refractivity contribution in [1.29, 1.82) is 0 Å². The predicted molar refractivity (Wildman–Crippen MR) is 108 cm³/mol. The predicted octanol–water partition coefficient (Wildman–Crippen LogP) is 3.65. The highest BCUT2D eigenvalue weighted by Crippen LogP contribution is 2.40. The number of amides is 1. The van der Waals surface area contributed by atoms with E-state index in [1.165, 1.54) is 30.2 Å². The third-order valence-corrected chi connectivity index (χ3v) is 6.86. The van der Waals surface area contributed by atoms with Crippen LogP contribution in [0.2, 0.25) is 0 Å². The van der Waals surface area contributed by atoms with Crippen LogP contribution in [0.1, 0.15) is 49.9 Å². The minimum absolute atomic E-state index is 0.120. The van der Waals surface area contributed by atoms with Gasteiger partial charge in [0.05, 0.1) is 5.25 Å². The molecule has 2 aromatic rings. The van der Waals surface area contributed by atoms with E-state index in [0.29, 0.717) is 11.8 Å². The van der Waals surface area contributed by atoms with Crippen molar-refractivity contribution in [3.05, 3.63) is 41.7 Å². The van der Waals surface area contributed by atoms with Crippen LogP contribution in [-0.4, -0.2) is 43.9 Å². The van der Waals surface area contributed by atoms with Crippen LogP contribution in [0.4, 0.5) is 0 Å². The van der Waals surface area contributed by atoms with Gasteiger partial charge in [0.25, 0.3) is 0 Å². The Morgan fingerprint density at radius 3 is 2.52 bits per heavy atom. The molecule has 0 spiro atoms. The van der Waals surface area contributed by atoms with Crippen LogP contribution in [0, 0.1) is 5.92 Å². The molecule has 2 aliphatic rings. The van der Waals surface area contributed by atoms with Gasteiger partial charge in [-0.25, -0.2) is 0 Å². The second kappa shape index (κ2) is 8.05. The van der Waals surface area contributed by atoms with Crippen molar-refractivity contribution in [3.63, 3.8) is 0 Å². The summed E-state index contributed by atoms with van der Waals surface area (Å²) in [5.74, 6) is 2.55. The van der Waals surface area contributed by atoms with Gasteiger partial charge in [0.2, 0.25) is 5.91 Å². The Kier molecular flexibility index (Phi) is 5.53. The lowest BCUT2D eigenvalue weighted by atomic mass is 9.90. The Bertz CT molecular complexity index is 779. The largest absolute Gasteiger partial charge is 0.342 e. The lowest BCUT2D eigenvalue weighted by molar-refractivity contribution is -0.131. The first-order chi connectivity index (χ1) is 13.1. The summed E-state index contributed by atoms with van der Waals surface area (Å²) < 4.78 is 2.07. The SMILES string of the molecule is CC(Sc1nnc(C2CC2)n1C)C(=O)N1CCC(Cc2ccccc2)CC1. The summed E-state index contributed by atoms with van der Waals surface area (Å²) in [4.78, 5) is 14.9. The average Bonchev–Trinajstić information content (AvgIpc) is 3.47. The number of rotatable bonds is 6. The number of hydrogen-bond donors (Lipinski definition) is 0. The van der Waals surface area contributed by atoms with Crippen LogP contribution in [0.5, 0.6) is 0 Å². The highest BCUT2D eigenvalue weighted by atomic mass is 32.2. The zero-order valence-corrected chi connectivity index (χ0v) is 17.0. The van der Waals surface area contributed by atoms with Gasteiger partial charge in [0.1, 0.15) is 5.82 Å². The molecule has 27 heavy (non-hydrogen) atoms. The summed E-state index contributed by atoms with van der Waals surface area (Å²) in [7, 11) is 2.02. The van der Waals surface area contributed by atoms with Gasteiger partial charge in [0.15, 0.2) is 5.16 Å². The van der Waals surface area contributed by atoms with Crippen LogP contribution in [0.25, 0.3) is 0 Å². The van der Waals surface area contributed by atoms with Crippen LogP contribution in [-0.2, 0) is 18.3 Å². The zero-order valence-electron chi connectivity index (χ0n) is 16.2. The van der Waals surface area contributed by atoms with Crippen molar-refractivity contribution in [3.8, 4) is 0 Å². The van der Waals surface area contributed by atoms with E-state index < -0.39 is 0 Å². The molecule has 0 bridgehead atoms. The van der Waals surface area contributed by atoms with Crippen molar-refractivity contribution in [2.24, 2.45) is 13.0 Å². The molecule has 144 valence electrons. The number of likely N-dealkylation sites (tertiary alicyclic amines) is 1. The molecule has 1 saturated heterocycles. The van der Waals surface area contributed by atoms with E-state index in [1.54, 1.807) is 0 Å². The van der Waals surface area contributed by atoms with E-state index in [1.807, 2.05) is 18.9 Å². The maximum atomic E-state index is 12.9. The summed E-state index contributed by atoms with van der Waals surface area (Å²) in [6.45, 7) is 3.73. The second-order valence-corrected chi connectivity index (χ2v) is 9.20. The topological polar surface area (TPSA) is 51.0 Å². The third-order valence-electron chi connectivity index (χ3n) is 5.73. The van der Waals surface area contributed by atoms with E-state index in [2.05, 4.69) is 45.1 Å². The zero-order chi connectivity index (χ0) is 18.8. The number of piperidine rings is 1. The van der Waals surface area contributed by atoms with E-state index in [4.69, 9.17) is 0 Å². The highest BCUT2D eigenvalue weighted by Gasteiger charge is 2.31. The molecule has 1 unspecified atom stereocenters. The normalized spacial score (nSPS) is 19.3. The Balaban J connectivity index is 1.28. The average molecular weight is 385 g/mol. The van der Waals surface area contributed by atoms with Gasteiger partial charge in [-0.1, -0.05) is 42.1 Å². The molecule has 1 aliphatic carbocycles. The van der Waals surface area contributed by atoms with Gasteiger partial charge >= 0.3 is 0 Å². The quantitative estimate of drug-likeness (QED) is 0.713. The fraction of sp³-hybridized carbons (Fsp3) is 0.571. The molecule has 2 fully saturated rings. The maximum absolute atomic E-state index is 12.9. The molecule has 2 heterocycles. The Morgan fingerprint density at radius 1 is 1.15 bits per heavy atom. The number of aromatic nitrogens is 3. The van der Waals surface area contributed by atoms with Gasteiger partial charge in [-0.3, -0.25) is 4.79 Å². The Hall–Kier alpha value is -1.82. The molecule has 1 aliphatic heterocycles. The van der Waals surface area contributed by atoms with Gasteiger partial charge in [-0.05, 0) is 50.5 Å². The summed E-state index contributed by atoms with van der Waals surface area (Å²) >= 11 is 1.54. The van der Waals surface area contributed by atoms with E-state index in [0.717, 1.165) is 43.3 Å². The molecule has 0 radical (unpaired) electrons. The van der Waals surface area contributed by atoms with Crippen molar-refractivity contribution in [2.75, 3.05) is 13.1 Å². The van der Waals surface area contributed by atoms with Gasteiger partial charge in [0, 0.05) is 26.1 Å². The minimum atomic E-state index is -0.120. The Morgan fingerprint density at radius 2 is 1.85 bits per heavy atom. The number of carbonyl (C=O) groups is 1. The molecule has 4 rings (SSSR count). The molecular formula is C21H28N4OS. The molecule has 5 nitrogen and oxygen atoms in total. The highest BCUT2D eigenvalue weighted by molar-refractivity contribution is 8.00. The summed E-state index contributed by atoms with van der Waals surface area (Å²) in [5, 5.41) is 9.37. The standard InChI is InChI=1S/C21H28N4OS/c1-15(27-21-23-22-19(24(21)2)18-8-9-18)20(26)25-12-10-17(11-13-25)14-16-6-4-3-5-7-16/h3-7,15,17-18H,8-14H2,1-2H3. The molecule has 1 amide bonds. The molecule has 1 aromatic carbocycles. The third kappa shape index (κ3) is 4.37. The lowest BCUT2D eigenvalue weighted by Gasteiger charge is -2.33. The van der Waals surface area contributed by atoms with Crippen molar-refractivity contribution < 1.29 is 4.79 Å². The number of benzene rings is 1. The molecule has 0 N–H and O–H groups in total. The van der Waals surface area contributed by atoms with E-state index in [-0.39, 0.29) is 11.2 Å². The van der Waals surface area contributed by atoms with Gasteiger partial charge in [-0.15, -0.1) is 10.2 Å². The van der Waals surface area contributed by atoms with Gasteiger partial charge < -0.3 is 9.47 Å². The molecule has 6 heteroatoms. The number of hydrogen-bond acceptors (Lipinski definition) is 4. The van der Waals surface area contributed by atoms with Crippen LogP contribution >= 0.6 is 11.8 Å². The molecule has 1 saturated carbocycles. The fourth-order valence-corrected chi connectivity index (χ4v) is 4.80. The van der Waals surface area contributed by atoms with Crippen LogP contribution in [0.3, 0.4) is 0 Å². The van der Waals surface area contributed by atoms with E-state index in [9.17, 15) is 4.79 Å². The van der Waals surface area contributed by atoms with Gasteiger partial charge in [-0.2, -0.15) is 0 Å². The smallest absolute Gasteiger partial charge is 0.235 e. The molecular weight excluding hydrogens is 356 g/mol. The molecule has 1 aromatic heterocycles. The Labute approximate surface area is 165 Å². The maximum Gasteiger partial charge on any atom is 0.235 e. The summed E-state index contributed by atoms with van der Waals surface area (Å²) in [5.41, 5.74) is 1.40. The first-order valence-corrected chi connectivity index (χ1v) is 10.9. The van der Waals surface area contributed by atoms with Crippen molar-refractivity contribution in [1.82, 2.24) is 19.7 Å². The number of thioether (sulfide) groups is 1. The van der Waals surface area contributed by atoms with E-state index >= 15 is 0 Å². The first-order valence-electron chi connectivity index (χ1n) is 10.0. The lowest BCUT2D eigenvalue weighted by Crippen LogP contribution is -2.42. The molecule has 1 atom stereocenters. The number of carbonyl (C=O) groups excluding carboxylic acids is 1. The monoisotopic (exact) mass is 384 g/mol. The van der Waals surface area contributed by atoms with Crippen LogP contribution in [0.15, 0.2) is 35.5 Å². The van der Waals surface area contributed by atoms with Crippen LogP contribution < -0.4 is 0 Å². The first kappa shape index (κ1) is 18.5. The summed E-state index contributed by atoms with van der Waals surface area (Å²) in [6, 6.07) is 10.7.